The third kappa shape index (κ3) is 3.81. The van der Waals surface area contributed by atoms with Gasteiger partial charge in [0.05, 0.1) is 21.9 Å². The van der Waals surface area contributed by atoms with E-state index in [1.807, 2.05) is 43.6 Å². The summed E-state index contributed by atoms with van der Waals surface area (Å²) in [7, 11) is 0. The number of hydrogen-bond donors (Lipinski definition) is 2. The molecule has 0 aliphatic carbocycles. The number of anilines is 1. The van der Waals surface area contributed by atoms with Crippen LogP contribution in [0, 0.1) is 6.92 Å². The molecule has 1 fully saturated rings. The summed E-state index contributed by atoms with van der Waals surface area (Å²) in [4.78, 5) is 23.1. The molecule has 7 nitrogen and oxygen atoms in total. The average molecular weight is 433 g/mol. The quantitative estimate of drug-likeness (QED) is 0.329. The second-order valence-electron chi connectivity index (χ2n) is 8.87. The molecule has 1 saturated heterocycles. The lowest BCUT2D eigenvalue weighted by Gasteiger charge is -2.34. The molecule has 0 spiro atoms. The van der Waals surface area contributed by atoms with E-state index in [1.54, 1.807) is 0 Å². The van der Waals surface area contributed by atoms with Crippen LogP contribution in [0.25, 0.3) is 27.3 Å². The minimum absolute atomic E-state index is 0.0906. The van der Waals surface area contributed by atoms with Gasteiger partial charge in [-0.1, -0.05) is 12.1 Å². The summed E-state index contributed by atoms with van der Waals surface area (Å²) < 4.78 is 2.06. The minimum atomic E-state index is 0.0906. The zero-order valence-electron chi connectivity index (χ0n) is 18.8. The van der Waals surface area contributed by atoms with E-state index in [0.717, 1.165) is 104 Å². The summed E-state index contributed by atoms with van der Waals surface area (Å²) in [6.07, 6.45) is 3.96. The molecule has 0 amide bonds. The molecule has 2 aromatic carbocycles. The lowest BCUT2D eigenvalue weighted by Crippen LogP contribution is -2.47. The van der Waals surface area contributed by atoms with Gasteiger partial charge in [0.25, 0.3) is 0 Å². The second kappa shape index (κ2) is 9.02. The van der Waals surface area contributed by atoms with Crippen molar-refractivity contribution in [3.05, 3.63) is 52.4 Å². The van der Waals surface area contributed by atoms with Crippen LogP contribution in [0.5, 0.6) is 0 Å². The normalized spacial score (nSPS) is 15.9. The maximum atomic E-state index is 13.5. The summed E-state index contributed by atoms with van der Waals surface area (Å²) in [5.74, 6) is 0. The summed E-state index contributed by atoms with van der Waals surface area (Å²) in [6, 6.07) is 10.0. The van der Waals surface area contributed by atoms with Gasteiger partial charge in [0.2, 0.25) is 0 Å². The molecule has 0 unspecified atom stereocenters. The molecule has 2 aromatic heterocycles. The van der Waals surface area contributed by atoms with Crippen molar-refractivity contribution >= 4 is 33.0 Å². The number of aryl methyl sites for hydroxylation is 1. The Morgan fingerprint density at radius 3 is 2.50 bits per heavy atom. The topological polar surface area (TPSA) is 78.9 Å². The van der Waals surface area contributed by atoms with Gasteiger partial charge in [-0.3, -0.25) is 9.20 Å². The Bertz CT molecular complexity index is 1270. The number of pyridine rings is 1. The van der Waals surface area contributed by atoms with Gasteiger partial charge in [-0.2, -0.15) is 0 Å². The van der Waals surface area contributed by atoms with Crippen molar-refractivity contribution in [2.45, 2.75) is 19.8 Å². The van der Waals surface area contributed by atoms with Gasteiger partial charge in [-0.05, 0) is 63.2 Å². The number of nitrogens with one attached hydrogen (secondary N) is 1. The Morgan fingerprint density at radius 2 is 1.75 bits per heavy atom. The largest absolute Gasteiger partial charge is 0.384 e. The van der Waals surface area contributed by atoms with Crippen molar-refractivity contribution in [2.75, 3.05) is 57.7 Å². The van der Waals surface area contributed by atoms with Crippen LogP contribution in [0.1, 0.15) is 18.4 Å². The molecule has 0 saturated carbocycles. The first-order chi connectivity index (χ1) is 15.7. The molecule has 168 valence electrons. The Balaban J connectivity index is 1.30. The summed E-state index contributed by atoms with van der Waals surface area (Å²) in [6.45, 7) is 10.3. The maximum Gasteiger partial charge on any atom is 0.199 e. The van der Waals surface area contributed by atoms with Crippen LogP contribution in [-0.4, -0.2) is 71.5 Å². The number of aromatic nitrogens is 2. The third-order valence-electron chi connectivity index (χ3n) is 6.78. The summed E-state index contributed by atoms with van der Waals surface area (Å²) >= 11 is 0. The van der Waals surface area contributed by atoms with E-state index in [0.29, 0.717) is 0 Å². The highest BCUT2D eigenvalue weighted by Gasteiger charge is 2.18. The van der Waals surface area contributed by atoms with Crippen molar-refractivity contribution in [2.24, 2.45) is 5.73 Å². The lowest BCUT2D eigenvalue weighted by atomic mass is 10.0. The number of hydrogen-bond acceptors (Lipinski definition) is 6. The molecule has 3 N–H and O–H groups in total. The monoisotopic (exact) mass is 432 g/mol. The van der Waals surface area contributed by atoms with Crippen LogP contribution in [0.2, 0.25) is 0 Å². The van der Waals surface area contributed by atoms with Gasteiger partial charge in [-0.15, -0.1) is 0 Å². The average Bonchev–Trinajstić information content (AvgIpc) is 3.24. The highest BCUT2D eigenvalue weighted by atomic mass is 16.1. The van der Waals surface area contributed by atoms with Gasteiger partial charge >= 0.3 is 0 Å². The van der Waals surface area contributed by atoms with Crippen LogP contribution in [0.15, 0.2) is 41.5 Å². The van der Waals surface area contributed by atoms with E-state index in [9.17, 15) is 4.79 Å². The molecule has 3 heterocycles. The number of rotatable bonds is 8. The number of imidazole rings is 1. The Morgan fingerprint density at radius 1 is 1.00 bits per heavy atom. The van der Waals surface area contributed by atoms with Crippen molar-refractivity contribution < 1.29 is 0 Å². The van der Waals surface area contributed by atoms with Crippen molar-refractivity contribution in [1.82, 2.24) is 19.2 Å². The van der Waals surface area contributed by atoms with E-state index in [2.05, 4.69) is 24.5 Å². The molecule has 32 heavy (non-hydrogen) atoms. The van der Waals surface area contributed by atoms with Gasteiger partial charge in [0.15, 0.2) is 5.43 Å². The molecule has 0 atom stereocenters. The lowest BCUT2D eigenvalue weighted by molar-refractivity contribution is 0.132. The molecule has 5 rings (SSSR count). The summed E-state index contributed by atoms with van der Waals surface area (Å²) in [5.41, 5.74) is 10.3. The van der Waals surface area contributed by atoms with Gasteiger partial charge in [0, 0.05) is 43.8 Å². The highest BCUT2D eigenvalue weighted by Crippen LogP contribution is 2.29. The van der Waals surface area contributed by atoms with Crippen LogP contribution in [0.3, 0.4) is 0 Å². The first-order valence-electron chi connectivity index (χ1n) is 11.7. The molecule has 0 radical (unpaired) electrons. The van der Waals surface area contributed by atoms with Crippen molar-refractivity contribution in [1.29, 1.82) is 0 Å². The minimum Gasteiger partial charge on any atom is -0.384 e. The molecule has 7 heteroatoms. The Labute approximate surface area is 188 Å². The molecule has 1 aliphatic heterocycles. The first kappa shape index (κ1) is 21.1. The van der Waals surface area contributed by atoms with Gasteiger partial charge in [0.1, 0.15) is 6.33 Å². The van der Waals surface area contributed by atoms with Crippen molar-refractivity contribution in [3.8, 4) is 0 Å². The zero-order chi connectivity index (χ0) is 22.1. The van der Waals surface area contributed by atoms with Gasteiger partial charge < -0.3 is 20.9 Å². The predicted molar refractivity (Wildman–Crippen MR) is 132 cm³/mol. The van der Waals surface area contributed by atoms with E-state index >= 15 is 0 Å². The van der Waals surface area contributed by atoms with Crippen molar-refractivity contribution in [3.63, 3.8) is 0 Å². The van der Waals surface area contributed by atoms with Crippen LogP contribution in [0.4, 0.5) is 5.69 Å². The molecule has 1 aliphatic rings. The highest BCUT2D eigenvalue weighted by molar-refractivity contribution is 6.07. The van der Waals surface area contributed by atoms with Gasteiger partial charge in [-0.25, -0.2) is 4.98 Å². The number of fused-ring (bicyclic) bond motifs is 2. The smallest absolute Gasteiger partial charge is 0.199 e. The fraction of sp³-hybridized carbons (Fsp3) is 0.440. The SMILES string of the molecule is Cc1cccc2c1c(=O)c1c(NCCCN3CCN(CCCN)CC3)ccc3ncn2c31. The van der Waals surface area contributed by atoms with Crippen LogP contribution >= 0.6 is 0 Å². The standard InChI is InChI=1S/C25H32N6O/c1-18-5-2-6-21-22(18)25(32)23-19(7-8-20-24(23)31(21)17-28-20)27-10-4-12-30-15-13-29(14-16-30)11-3-9-26/h2,5-8,17,27H,3-4,9-16,26H2,1H3. The second-order valence-corrected chi connectivity index (χ2v) is 8.87. The maximum absolute atomic E-state index is 13.5. The van der Waals surface area contributed by atoms with Crippen LogP contribution in [-0.2, 0) is 0 Å². The number of benzene rings is 2. The zero-order valence-corrected chi connectivity index (χ0v) is 18.8. The van der Waals surface area contributed by atoms with Crippen LogP contribution < -0.4 is 16.5 Å². The number of nitrogens with two attached hydrogens (primary N) is 1. The van der Waals surface area contributed by atoms with E-state index in [-0.39, 0.29) is 5.43 Å². The van der Waals surface area contributed by atoms with E-state index in [4.69, 9.17) is 5.73 Å². The number of nitrogens with zero attached hydrogens (tertiary/aromatic N) is 4. The molecular formula is C25H32N6O. The molecule has 0 bridgehead atoms. The Kier molecular flexibility index (Phi) is 5.95. The number of piperazine rings is 1. The molecule has 4 aromatic rings. The fourth-order valence-corrected chi connectivity index (χ4v) is 5.02. The Hall–Kier alpha value is -2.74. The van der Waals surface area contributed by atoms with E-state index in [1.165, 1.54) is 0 Å². The fourth-order valence-electron chi connectivity index (χ4n) is 5.02. The first-order valence-corrected chi connectivity index (χ1v) is 11.7. The van der Waals surface area contributed by atoms with E-state index < -0.39 is 0 Å². The predicted octanol–water partition coefficient (Wildman–Crippen LogP) is 2.52. The third-order valence-corrected chi connectivity index (χ3v) is 6.78. The summed E-state index contributed by atoms with van der Waals surface area (Å²) in [5, 5.41) is 5.08. The molecular weight excluding hydrogens is 400 g/mol.